The molecule has 2 rings (SSSR count). The monoisotopic (exact) mass is 286 g/mol. The second kappa shape index (κ2) is 7.15. The molecule has 1 nitrogen and oxygen atoms in total. The van der Waals surface area contributed by atoms with Gasteiger partial charge < -0.3 is 4.42 Å². The first-order chi connectivity index (χ1) is 10.0. The molecule has 1 aliphatic rings. The van der Waals surface area contributed by atoms with E-state index in [2.05, 4.69) is 45.9 Å². The number of rotatable bonds is 6. The Kier molecular flexibility index (Phi) is 5.50. The maximum Gasteiger partial charge on any atom is 0.0934 e. The minimum absolute atomic E-state index is 0.401. The quantitative estimate of drug-likeness (QED) is 0.557. The molecule has 0 N–H and O–H groups in total. The van der Waals surface area contributed by atoms with Gasteiger partial charge in [-0.25, -0.2) is 0 Å². The number of hydrogen-bond donors (Lipinski definition) is 0. The molecule has 0 saturated carbocycles. The lowest BCUT2D eigenvalue weighted by Gasteiger charge is -2.40. The summed E-state index contributed by atoms with van der Waals surface area (Å²) >= 11 is 0. The van der Waals surface area contributed by atoms with Crippen LogP contribution in [-0.4, -0.2) is 0 Å². The molecule has 1 heterocycles. The standard InChI is InChI=1S/C20H30O/c1-16(7-5-10-19-12-14-21-15-19)11-13-20(4)17(2)8-6-9-18(20)3/h7-8,12,14-15,18H,5-6,9-11,13H2,1-4H3/b16-7+/t18?,20-/m0/s1. The third-order valence-corrected chi connectivity index (χ3v) is 5.58. The van der Waals surface area contributed by atoms with E-state index in [0.29, 0.717) is 5.41 Å². The second-order valence-corrected chi connectivity index (χ2v) is 7.00. The van der Waals surface area contributed by atoms with Crippen molar-refractivity contribution in [2.24, 2.45) is 11.3 Å². The van der Waals surface area contributed by atoms with Crippen LogP contribution < -0.4 is 0 Å². The molecule has 2 atom stereocenters. The van der Waals surface area contributed by atoms with Gasteiger partial charge in [0.1, 0.15) is 0 Å². The molecule has 0 spiro atoms. The van der Waals surface area contributed by atoms with Crippen molar-refractivity contribution in [1.82, 2.24) is 0 Å². The first-order valence-corrected chi connectivity index (χ1v) is 8.36. The van der Waals surface area contributed by atoms with Gasteiger partial charge in [0.25, 0.3) is 0 Å². The van der Waals surface area contributed by atoms with Gasteiger partial charge in [-0.05, 0) is 75.3 Å². The highest BCUT2D eigenvalue weighted by molar-refractivity contribution is 5.17. The molecule has 1 unspecified atom stereocenters. The van der Waals surface area contributed by atoms with E-state index in [1.54, 1.807) is 11.8 Å². The van der Waals surface area contributed by atoms with Gasteiger partial charge in [0.15, 0.2) is 0 Å². The first-order valence-electron chi connectivity index (χ1n) is 8.36. The molecule has 0 amide bonds. The Bertz CT molecular complexity index is 492. The van der Waals surface area contributed by atoms with Gasteiger partial charge in [-0.3, -0.25) is 0 Å². The zero-order valence-corrected chi connectivity index (χ0v) is 14.1. The second-order valence-electron chi connectivity index (χ2n) is 7.00. The van der Waals surface area contributed by atoms with Crippen LogP contribution in [0.1, 0.15) is 65.4 Å². The van der Waals surface area contributed by atoms with Crippen LogP contribution in [0, 0.1) is 11.3 Å². The summed E-state index contributed by atoms with van der Waals surface area (Å²) in [5.41, 5.74) is 4.83. The average molecular weight is 286 g/mol. The fourth-order valence-corrected chi connectivity index (χ4v) is 3.41. The van der Waals surface area contributed by atoms with Gasteiger partial charge in [0.2, 0.25) is 0 Å². The Morgan fingerprint density at radius 2 is 2.29 bits per heavy atom. The summed E-state index contributed by atoms with van der Waals surface area (Å²) in [6, 6.07) is 2.06. The zero-order chi connectivity index (χ0) is 15.3. The van der Waals surface area contributed by atoms with Crippen LogP contribution in [0.25, 0.3) is 0 Å². The minimum Gasteiger partial charge on any atom is -0.472 e. The van der Waals surface area contributed by atoms with Crippen molar-refractivity contribution < 1.29 is 4.42 Å². The Hall–Kier alpha value is -1.24. The van der Waals surface area contributed by atoms with Crippen LogP contribution in [0.4, 0.5) is 0 Å². The molecule has 0 radical (unpaired) electrons. The van der Waals surface area contributed by atoms with Crippen molar-refractivity contribution in [2.75, 3.05) is 0 Å². The smallest absolute Gasteiger partial charge is 0.0934 e. The molecule has 116 valence electrons. The van der Waals surface area contributed by atoms with Crippen LogP contribution in [0.15, 0.2) is 46.3 Å². The zero-order valence-electron chi connectivity index (χ0n) is 14.1. The number of aryl methyl sites for hydroxylation is 1. The van der Waals surface area contributed by atoms with E-state index in [1.807, 2.05) is 6.26 Å². The molecule has 0 aliphatic heterocycles. The van der Waals surface area contributed by atoms with E-state index < -0.39 is 0 Å². The van der Waals surface area contributed by atoms with Gasteiger partial charge in [-0.1, -0.05) is 37.1 Å². The van der Waals surface area contributed by atoms with Crippen LogP contribution >= 0.6 is 0 Å². The van der Waals surface area contributed by atoms with Crippen molar-refractivity contribution in [3.05, 3.63) is 47.5 Å². The molecular formula is C20H30O. The molecule has 1 heteroatoms. The number of allylic oxidation sites excluding steroid dienone is 4. The van der Waals surface area contributed by atoms with E-state index in [-0.39, 0.29) is 0 Å². The minimum atomic E-state index is 0.401. The molecule has 21 heavy (non-hydrogen) atoms. The highest BCUT2D eigenvalue weighted by Crippen LogP contribution is 2.45. The predicted molar refractivity (Wildman–Crippen MR) is 90.3 cm³/mol. The fraction of sp³-hybridized carbons (Fsp3) is 0.600. The summed E-state index contributed by atoms with van der Waals surface area (Å²) in [5, 5.41) is 0. The van der Waals surface area contributed by atoms with E-state index in [0.717, 1.165) is 18.8 Å². The number of furan rings is 1. The lowest BCUT2D eigenvalue weighted by Crippen LogP contribution is -2.29. The third-order valence-electron chi connectivity index (χ3n) is 5.58. The fourth-order valence-electron chi connectivity index (χ4n) is 3.41. The Morgan fingerprint density at radius 1 is 1.48 bits per heavy atom. The van der Waals surface area contributed by atoms with Gasteiger partial charge in [-0.2, -0.15) is 0 Å². The van der Waals surface area contributed by atoms with E-state index in [1.165, 1.54) is 36.8 Å². The summed E-state index contributed by atoms with van der Waals surface area (Å²) in [5.74, 6) is 0.807. The van der Waals surface area contributed by atoms with Gasteiger partial charge >= 0.3 is 0 Å². The summed E-state index contributed by atoms with van der Waals surface area (Å²) in [4.78, 5) is 0. The normalized spacial score (nSPS) is 26.8. The summed E-state index contributed by atoms with van der Waals surface area (Å²) < 4.78 is 5.11. The van der Waals surface area contributed by atoms with Gasteiger partial charge in [0.05, 0.1) is 12.5 Å². The highest BCUT2D eigenvalue weighted by Gasteiger charge is 2.34. The van der Waals surface area contributed by atoms with Crippen LogP contribution in [-0.2, 0) is 6.42 Å². The predicted octanol–water partition coefficient (Wildman–Crippen LogP) is 6.32. The average Bonchev–Trinajstić information content (AvgIpc) is 2.96. The molecule has 0 fully saturated rings. The summed E-state index contributed by atoms with van der Waals surface area (Å²) in [6.07, 6.45) is 15.8. The van der Waals surface area contributed by atoms with Crippen molar-refractivity contribution in [2.45, 2.75) is 66.2 Å². The third kappa shape index (κ3) is 4.12. The Labute approximate surface area is 130 Å². The summed E-state index contributed by atoms with van der Waals surface area (Å²) in [6.45, 7) is 9.49. The maximum atomic E-state index is 5.11. The largest absolute Gasteiger partial charge is 0.472 e. The molecule has 0 saturated heterocycles. The maximum absolute atomic E-state index is 5.11. The van der Waals surface area contributed by atoms with Crippen molar-refractivity contribution in [3.63, 3.8) is 0 Å². The molecule has 1 aromatic rings. The van der Waals surface area contributed by atoms with E-state index >= 15 is 0 Å². The van der Waals surface area contributed by atoms with Crippen molar-refractivity contribution >= 4 is 0 Å². The molecule has 0 bridgehead atoms. The lowest BCUT2D eigenvalue weighted by molar-refractivity contribution is 0.211. The molecule has 1 aromatic heterocycles. The Morgan fingerprint density at radius 3 is 2.95 bits per heavy atom. The van der Waals surface area contributed by atoms with Crippen LogP contribution in [0.3, 0.4) is 0 Å². The van der Waals surface area contributed by atoms with Crippen molar-refractivity contribution in [1.29, 1.82) is 0 Å². The van der Waals surface area contributed by atoms with E-state index in [4.69, 9.17) is 4.42 Å². The first kappa shape index (κ1) is 16.1. The van der Waals surface area contributed by atoms with Crippen LogP contribution in [0.2, 0.25) is 0 Å². The van der Waals surface area contributed by atoms with Gasteiger partial charge in [0, 0.05) is 0 Å². The van der Waals surface area contributed by atoms with Crippen LogP contribution in [0.5, 0.6) is 0 Å². The topological polar surface area (TPSA) is 13.1 Å². The summed E-state index contributed by atoms with van der Waals surface area (Å²) in [7, 11) is 0. The number of hydrogen-bond acceptors (Lipinski definition) is 1. The molecular weight excluding hydrogens is 256 g/mol. The van der Waals surface area contributed by atoms with Crippen molar-refractivity contribution in [3.8, 4) is 0 Å². The van der Waals surface area contributed by atoms with Gasteiger partial charge in [-0.15, -0.1) is 0 Å². The Balaban J connectivity index is 1.83. The molecule has 1 aliphatic carbocycles. The highest BCUT2D eigenvalue weighted by atomic mass is 16.3. The lowest BCUT2D eigenvalue weighted by atomic mass is 9.65. The SMILES string of the molecule is CC1=CCCC(C)[C@@]1(C)CC/C(C)=C/CCc1ccoc1. The molecule has 0 aromatic carbocycles. The van der Waals surface area contributed by atoms with E-state index in [9.17, 15) is 0 Å².